The van der Waals surface area contributed by atoms with Crippen molar-refractivity contribution < 1.29 is 19.0 Å². The molecule has 7 rings (SSSR count). The Hall–Kier alpha value is -3.82. The summed E-state index contributed by atoms with van der Waals surface area (Å²) in [7, 11) is 1.59. The van der Waals surface area contributed by atoms with Crippen LogP contribution in [0, 0.1) is 0 Å². The van der Waals surface area contributed by atoms with Crippen molar-refractivity contribution in [1.29, 1.82) is 0 Å². The number of piperazine rings is 1. The van der Waals surface area contributed by atoms with Crippen LogP contribution in [0.15, 0.2) is 48.7 Å². The van der Waals surface area contributed by atoms with Gasteiger partial charge in [0.2, 0.25) is 0 Å². The molecule has 0 spiro atoms. The summed E-state index contributed by atoms with van der Waals surface area (Å²) < 4.78 is 26.9. The number of phenolic OH excluding ortho intramolecular Hbond substituents is 1. The van der Waals surface area contributed by atoms with Crippen molar-refractivity contribution in [3.8, 4) is 28.6 Å². The fraction of sp³-hybridized carbons (Fsp3) is 0.412. The van der Waals surface area contributed by atoms with Gasteiger partial charge in [0.05, 0.1) is 35.1 Å². The second kappa shape index (κ2) is 11.3. The lowest BCUT2D eigenvalue weighted by molar-refractivity contribution is 0.107. The number of phenols is 1. The molecule has 0 aliphatic carbocycles. The van der Waals surface area contributed by atoms with E-state index in [0.29, 0.717) is 72.3 Å². The molecule has 44 heavy (non-hydrogen) atoms. The van der Waals surface area contributed by atoms with E-state index in [1.165, 1.54) is 0 Å². The van der Waals surface area contributed by atoms with Crippen LogP contribution in [0.5, 0.6) is 17.5 Å². The maximum absolute atomic E-state index is 14.5. The third-order valence-electron chi connectivity index (χ3n) is 9.43. The molecular weight excluding hydrogens is 581 g/mol. The number of ether oxygens (including phenoxy) is 2. The predicted molar refractivity (Wildman–Crippen MR) is 173 cm³/mol. The Morgan fingerprint density at radius 2 is 2.05 bits per heavy atom. The summed E-state index contributed by atoms with van der Waals surface area (Å²) in [6, 6.07) is 11.8. The number of benzene rings is 3. The van der Waals surface area contributed by atoms with Crippen molar-refractivity contribution >= 4 is 39.1 Å². The van der Waals surface area contributed by atoms with Gasteiger partial charge in [-0.1, -0.05) is 43.3 Å². The second-order valence-corrected chi connectivity index (χ2v) is 12.6. The Labute approximate surface area is 261 Å². The van der Waals surface area contributed by atoms with E-state index in [2.05, 4.69) is 34.7 Å². The number of nitrogens with zero attached hydrogens (tertiary/aromatic N) is 4. The van der Waals surface area contributed by atoms with Crippen molar-refractivity contribution in [2.75, 3.05) is 51.3 Å². The number of aromatic hydroxyl groups is 1. The molecule has 1 unspecified atom stereocenters. The van der Waals surface area contributed by atoms with E-state index >= 15 is 0 Å². The molecule has 3 aromatic carbocycles. The zero-order valence-corrected chi connectivity index (χ0v) is 25.9. The molecule has 0 bridgehead atoms. The maximum atomic E-state index is 14.5. The molecule has 0 saturated carbocycles. The first kappa shape index (κ1) is 28.9. The molecular formula is C34H37ClFN5O3. The molecule has 3 fully saturated rings. The monoisotopic (exact) mass is 617 g/mol. The van der Waals surface area contributed by atoms with Crippen LogP contribution >= 0.6 is 11.6 Å². The van der Waals surface area contributed by atoms with E-state index in [-0.39, 0.29) is 17.3 Å². The van der Waals surface area contributed by atoms with Gasteiger partial charge in [-0.15, -0.1) is 0 Å². The average molecular weight is 618 g/mol. The third kappa shape index (κ3) is 4.86. The molecule has 3 aliphatic heterocycles. The highest BCUT2D eigenvalue weighted by atomic mass is 35.5. The first-order chi connectivity index (χ1) is 21.3. The summed E-state index contributed by atoms with van der Waals surface area (Å²) in [5.41, 5.74) is 3.78. The largest absolute Gasteiger partial charge is 0.508 e. The Kier molecular flexibility index (Phi) is 7.41. The number of hydrogen-bond donors (Lipinski definition) is 2. The lowest BCUT2D eigenvalue weighted by Crippen LogP contribution is -2.44. The Morgan fingerprint density at radius 3 is 2.84 bits per heavy atom. The summed E-state index contributed by atoms with van der Waals surface area (Å²) in [6.07, 6.45) is 2.34. The maximum Gasteiger partial charge on any atom is 0.319 e. The zero-order valence-electron chi connectivity index (χ0n) is 25.1. The molecule has 230 valence electrons. The number of alkyl halides is 1. The molecule has 3 saturated heterocycles. The standard InChI is InChI=1S/C34H37ClFN5O3/c1-4-21-7-5-8-22-13-24(42)14-25(28(21)22)26-15-27-29(31(43-3)30(26)35)32(40-12-10-37-20(2)17-40)39-33(38-27)44-19-34-9-6-11-41(34)18-23(36)16-34/h5,7-8,13-15,23,37,42H,2,4,6,9-12,16-19H2,1,3H3/t23-,34?/m1/s1. The minimum Gasteiger partial charge on any atom is -0.508 e. The summed E-state index contributed by atoms with van der Waals surface area (Å²) in [5, 5.41) is 17.1. The molecule has 8 nitrogen and oxygen atoms in total. The van der Waals surface area contributed by atoms with Crippen LogP contribution in [0.2, 0.25) is 5.02 Å². The normalized spacial score (nSPS) is 22.0. The van der Waals surface area contributed by atoms with Crippen molar-refractivity contribution in [3.05, 3.63) is 59.3 Å². The summed E-state index contributed by atoms with van der Waals surface area (Å²) >= 11 is 7.19. The van der Waals surface area contributed by atoms with Gasteiger partial charge in [0, 0.05) is 37.3 Å². The van der Waals surface area contributed by atoms with Gasteiger partial charge < -0.3 is 24.8 Å². The van der Waals surface area contributed by atoms with Crippen molar-refractivity contribution in [3.63, 3.8) is 0 Å². The molecule has 1 aromatic heterocycles. The number of aromatic nitrogens is 2. The smallest absolute Gasteiger partial charge is 0.319 e. The van der Waals surface area contributed by atoms with Crippen molar-refractivity contribution in [2.24, 2.45) is 0 Å². The number of rotatable bonds is 7. The highest BCUT2D eigenvalue weighted by Crippen LogP contribution is 2.47. The first-order valence-corrected chi connectivity index (χ1v) is 15.7. The van der Waals surface area contributed by atoms with Gasteiger partial charge in [-0.3, -0.25) is 4.90 Å². The average Bonchev–Trinajstić information content (AvgIpc) is 3.54. The molecule has 10 heteroatoms. The highest BCUT2D eigenvalue weighted by Gasteiger charge is 2.49. The summed E-state index contributed by atoms with van der Waals surface area (Å²) in [4.78, 5) is 14.2. The molecule has 2 atom stereocenters. The molecule has 2 N–H and O–H groups in total. The Morgan fingerprint density at radius 1 is 1.18 bits per heavy atom. The van der Waals surface area contributed by atoms with Crippen molar-refractivity contribution in [1.82, 2.24) is 20.2 Å². The number of hydrogen-bond acceptors (Lipinski definition) is 8. The molecule has 4 aromatic rings. The quantitative estimate of drug-likeness (QED) is 0.252. The minimum atomic E-state index is -0.849. The minimum absolute atomic E-state index is 0.144. The number of methoxy groups -OCH3 is 1. The summed E-state index contributed by atoms with van der Waals surface area (Å²) in [5.74, 6) is 1.24. The van der Waals surface area contributed by atoms with Crippen LogP contribution in [0.4, 0.5) is 10.2 Å². The number of halogens is 2. The van der Waals surface area contributed by atoms with E-state index in [9.17, 15) is 9.50 Å². The van der Waals surface area contributed by atoms with Gasteiger partial charge in [0.15, 0.2) is 5.75 Å². The predicted octanol–water partition coefficient (Wildman–Crippen LogP) is 6.26. The molecule has 3 aliphatic rings. The van der Waals surface area contributed by atoms with Gasteiger partial charge in [0.25, 0.3) is 0 Å². The third-order valence-corrected chi connectivity index (χ3v) is 9.81. The lowest BCUT2D eigenvalue weighted by atomic mass is 9.92. The number of fused-ring (bicyclic) bond motifs is 3. The van der Waals surface area contributed by atoms with E-state index in [0.717, 1.165) is 53.4 Å². The fourth-order valence-corrected chi connectivity index (χ4v) is 7.77. The zero-order chi connectivity index (χ0) is 30.6. The fourth-order valence-electron chi connectivity index (χ4n) is 7.44. The van der Waals surface area contributed by atoms with Crippen LogP contribution in [-0.2, 0) is 6.42 Å². The topological polar surface area (TPSA) is 83.0 Å². The molecule has 0 amide bonds. The highest BCUT2D eigenvalue weighted by molar-refractivity contribution is 6.37. The van der Waals surface area contributed by atoms with Gasteiger partial charge >= 0.3 is 6.01 Å². The van der Waals surface area contributed by atoms with Crippen molar-refractivity contribution in [2.45, 2.75) is 44.3 Å². The van der Waals surface area contributed by atoms with E-state index in [4.69, 9.17) is 31.0 Å². The molecule has 4 heterocycles. The SMILES string of the molecule is C=C1CN(c2nc(OCC34CCCN3C[C@H](F)C4)nc3cc(-c4cc(O)cc5cccc(CC)c45)c(Cl)c(OC)c23)CCN1. The molecule has 0 radical (unpaired) electrons. The van der Waals surface area contributed by atoms with Gasteiger partial charge in [-0.05, 0) is 65.9 Å². The first-order valence-electron chi connectivity index (χ1n) is 15.3. The van der Waals surface area contributed by atoms with Crippen LogP contribution in [0.3, 0.4) is 0 Å². The number of aryl methyl sites for hydroxylation is 1. The van der Waals surface area contributed by atoms with E-state index in [1.54, 1.807) is 19.2 Å². The van der Waals surface area contributed by atoms with E-state index < -0.39 is 6.17 Å². The Balaban J connectivity index is 1.42. The van der Waals surface area contributed by atoms with Crippen LogP contribution < -0.4 is 19.7 Å². The lowest BCUT2D eigenvalue weighted by Gasteiger charge is -2.32. The van der Waals surface area contributed by atoms with Crippen LogP contribution in [0.1, 0.15) is 31.7 Å². The summed E-state index contributed by atoms with van der Waals surface area (Å²) in [6.45, 7) is 9.85. The number of anilines is 1. The van der Waals surface area contributed by atoms with Gasteiger partial charge in [-0.25, -0.2) is 4.39 Å². The number of nitrogens with one attached hydrogen (secondary N) is 1. The van der Waals surface area contributed by atoms with Crippen LogP contribution in [0.25, 0.3) is 32.8 Å². The van der Waals surface area contributed by atoms with Gasteiger partial charge in [-0.2, -0.15) is 9.97 Å². The van der Waals surface area contributed by atoms with E-state index in [1.807, 2.05) is 18.2 Å². The second-order valence-electron chi connectivity index (χ2n) is 12.2. The van der Waals surface area contributed by atoms with Crippen LogP contribution in [-0.4, -0.2) is 78.1 Å². The van der Waals surface area contributed by atoms with Gasteiger partial charge in [0.1, 0.15) is 24.3 Å². The Bertz CT molecular complexity index is 1780.